The summed E-state index contributed by atoms with van der Waals surface area (Å²) in [5, 5.41) is 17.6. The Bertz CT molecular complexity index is 748. The Morgan fingerprint density at radius 1 is 1.18 bits per heavy atom. The van der Waals surface area contributed by atoms with E-state index >= 15 is 0 Å². The van der Waals surface area contributed by atoms with Gasteiger partial charge in [0.05, 0.1) is 17.6 Å². The maximum Gasteiger partial charge on any atom is 0.222 e. The van der Waals surface area contributed by atoms with Gasteiger partial charge in [-0.3, -0.25) is 4.57 Å². The Morgan fingerprint density at radius 2 is 1.95 bits per heavy atom. The minimum atomic E-state index is 0.220. The van der Waals surface area contributed by atoms with Crippen molar-refractivity contribution in [1.82, 2.24) is 29.8 Å². The topological polar surface area (TPSA) is 87.4 Å². The lowest BCUT2D eigenvalue weighted by Gasteiger charge is -2.10. The van der Waals surface area contributed by atoms with E-state index in [-0.39, 0.29) is 6.04 Å². The van der Waals surface area contributed by atoms with E-state index in [1.54, 1.807) is 22.8 Å². The number of nitrogens with zero attached hydrogens (tertiary/aromatic N) is 6. The van der Waals surface area contributed by atoms with Gasteiger partial charge >= 0.3 is 0 Å². The highest BCUT2D eigenvalue weighted by molar-refractivity contribution is 7.98. The molecule has 0 aliphatic heterocycles. The molecule has 0 atom stereocenters. The number of nitrogen functional groups attached to an aromatic ring is 1. The molecule has 2 aromatic heterocycles. The average molecular weight is 315 g/mol. The molecular weight excluding hydrogens is 298 g/mol. The highest BCUT2D eigenvalue weighted by atomic mass is 32.2. The minimum absolute atomic E-state index is 0.220. The van der Waals surface area contributed by atoms with Crippen molar-refractivity contribution >= 4 is 17.7 Å². The lowest BCUT2D eigenvalue weighted by Crippen LogP contribution is -2.07. The summed E-state index contributed by atoms with van der Waals surface area (Å²) in [6.07, 6.45) is 1.76. The molecule has 114 valence electrons. The molecule has 0 fully saturated rings. The van der Waals surface area contributed by atoms with Crippen molar-refractivity contribution in [3.8, 4) is 5.69 Å². The highest BCUT2D eigenvalue weighted by Gasteiger charge is 2.13. The monoisotopic (exact) mass is 315 g/mol. The number of hydrogen-bond acceptors (Lipinski definition) is 6. The van der Waals surface area contributed by atoms with Crippen molar-refractivity contribution in [3.63, 3.8) is 0 Å². The van der Waals surface area contributed by atoms with Crippen LogP contribution in [0.5, 0.6) is 0 Å². The number of thioether (sulfide) groups is 1. The molecule has 0 saturated heterocycles. The maximum absolute atomic E-state index is 5.84. The van der Waals surface area contributed by atoms with Gasteiger partial charge in [0.25, 0.3) is 0 Å². The largest absolute Gasteiger partial charge is 0.368 e. The van der Waals surface area contributed by atoms with Gasteiger partial charge in [-0.25, -0.2) is 0 Å². The standard InChI is InChI=1S/C14H17N7S/c1-10(2)20-13(15)17-18-14(20)22-9-11-8-16-21(19-11)12-6-4-3-5-7-12/h3-8,10H,9H2,1-2H3,(H2,15,17). The fourth-order valence-corrected chi connectivity index (χ4v) is 3.01. The second-order valence-electron chi connectivity index (χ2n) is 5.05. The number of para-hydroxylation sites is 1. The van der Waals surface area contributed by atoms with Gasteiger partial charge < -0.3 is 5.73 Å². The van der Waals surface area contributed by atoms with Crippen LogP contribution >= 0.6 is 11.8 Å². The molecule has 0 bridgehead atoms. The van der Waals surface area contributed by atoms with Crippen molar-refractivity contribution in [2.75, 3.05) is 5.73 Å². The summed E-state index contributed by atoms with van der Waals surface area (Å²) in [6, 6.07) is 10.0. The first-order valence-corrected chi connectivity index (χ1v) is 7.93. The van der Waals surface area contributed by atoms with Crippen LogP contribution in [0.1, 0.15) is 25.6 Å². The molecule has 0 amide bonds. The summed E-state index contributed by atoms with van der Waals surface area (Å²) in [6.45, 7) is 4.10. The fourth-order valence-electron chi connectivity index (χ4n) is 2.06. The number of nitrogens with two attached hydrogens (primary N) is 1. The molecule has 2 heterocycles. The Morgan fingerprint density at radius 3 is 2.68 bits per heavy atom. The van der Waals surface area contributed by atoms with Crippen molar-refractivity contribution in [2.45, 2.75) is 30.8 Å². The molecule has 0 saturated carbocycles. The fraction of sp³-hybridized carbons (Fsp3) is 0.286. The third-order valence-corrected chi connectivity index (χ3v) is 4.06. The van der Waals surface area contributed by atoms with Crippen LogP contribution in [0.2, 0.25) is 0 Å². The van der Waals surface area contributed by atoms with E-state index in [1.165, 1.54) is 0 Å². The van der Waals surface area contributed by atoms with Gasteiger partial charge in [0.15, 0.2) is 5.16 Å². The zero-order valence-corrected chi connectivity index (χ0v) is 13.2. The lowest BCUT2D eigenvalue weighted by atomic mass is 10.3. The van der Waals surface area contributed by atoms with Crippen LogP contribution in [0.4, 0.5) is 5.95 Å². The van der Waals surface area contributed by atoms with E-state index in [0.29, 0.717) is 11.7 Å². The van der Waals surface area contributed by atoms with Gasteiger partial charge in [0, 0.05) is 11.8 Å². The molecule has 8 heteroatoms. The molecule has 0 aliphatic rings. The zero-order valence-electron chi connectivity index (χ0n) is 12.4. The third kappa shape index (κ3) is 2.96. The molecule has 0 spiro atoms. The summed E-state index contributed by atoms with van der Waals surface area (Å²) in [4.78, 5) is 1.62. The van der Waals surface area contributed by atoms with Crippen LogP contribution in [0, 0.1) is 0 Å². The zero-order chi connectivity index (χ0) is 15.5. The van der Waals surface area contributed by atoms with E-state index in [2.05, 4.69) is 34.2 Å². The van der Waals surface area contributed by atoms with Crippen LogP contribution in [0.25, 0.3) is 5.69 Å². The second kappa shape index (κ2) is 6.18. The predicted octanol–water partition coefficient (Wildman–Crippen LogP) is 2.31. The third-order valence-electron chi connectivity index (χ3n) is 3.08. The van der Waals surface area contributed by atoms with Crippen LogP contribution < -0.4 is 5.73 Å². The molecule has 2 N–H and O–H groups in total. The summed E-state index contributed by atoms with van der Waals surface area (Å²) >= 11 is 1.55. The Hall–Kier alpha value is -2.35. The molecule has 3 aromatic rings. The van der Waals surface area contributed by atoms with Gasteiger partial charge in [0.1, 0.15) is 0 Å². The molecule has 3 rings (SSSR count). The summed E-state index contributed by atoms with van der Waals surface area (Å²) < 4.78 is 1.91. The van der Waals surface area contributed by atoms with Crippen LogP contribution in [-0.4, -0.2) is 29.8 Å². The van der Waals surface area contributed by atoms with Gasteiger partial charge in [-0.15, -0.1) is 10.2 Å². The van der Waals surface area contributed by atoms with Gasteiger partial charge in [-0.1, -0.05) is 30.0 Å². The quantitative estimate of drug-likeness (QED) is 0.727. The predicted molar refractivity (Wildman–Crippen MR) is 85.7 cm³/mol. The van der Waals surface area contributed by atoms with Crippen LogP contribution in [0.15, 0.2) is 41.7 Å². The van der Waals surface area contributed by atoms with Crippen molar-refractivity contribution in [1.29, 1.82) is 0 Å². The lowest BCUT2D eigenvalue weighted by molar-refractivity contribution is 0.557. The Labute approximate surface area is 132 Å². The first-order chi connectivity index (χ1) is 10.6. The van der Waals surface area contributed by atoms with E-state index in [0.717, 1.165) is 16.5 Å². The highest BCUT2D eigenvalue weighted by Crippen LogP contribution is 2.25. The van der Waals surface area contributed by atoms with E-state index in [4.69, 9.17) is 5.73 Å². The van der Waals surface area contributed by atoms with E-state index in [1.807, 2.05) is 34.9 Å². The number of hydrogen-bond donors (Lipinski definition) is 1. The molecular formula is C14H17N7S. The van der Waals surface area contributed by atoms with Crippen molar-refractivity contribution in [2.24, 2.45) is 0 Å². The first-order valence-electron chi connectivity index (χ1n) is 6.95. The first kappa shape index (κ1) is 14.6. The normalized spacial score (nSPS) is 11.2. The molecule has 0 aliphatic carbocycles. The van der Waals surface area contributed by atoms with Crippen molar-refractivity contribution < 1.29 is 0 Å². The Kier molecular flexibility index (Phi) is 4.10. The smallest absolute Gasteiger partial charge is 0.222 e. The SMILES string of the molecule is CC(C)n1c(N)nnc1SCc1cnn(-c2ccccc2)n1. The molecule has 7 nitrogen and oxygen atoms in total. The molecule has 22 heavy (non-hydrogen) atoms. The molecule has 0 unspecified atom stereocenters. The maximum atomic E-state index is 5.84. The van der Waals surface area contributed by atoms with Gasteiger partial charge in [-0.2, -0.15) is 15.0 Å². The molecule has 1 aromatic carbocycles. The summed E-state index contributed by atoms with van der Waals surface area (Å²) in [7, 11) is 0. The number of rotatable bonds is 5. The second-order valence-corrected chi connectivity index (χ2v) is 6.00. The van der Waals surface area contributed by atoms with Gasteiger partial charge in [-0.05, 0) is 26.0 Å². The summed E-state index contributed by atoms with van der Waals surface area (Å²) in [5.74, 6) is 1.10. The number of anilines is 1. The number of benzene rings is 1. The van der Waals surface area contributed by atoms with E-state index < -0.39 is 0 Å². The Balaban J connectivity index is 1.72. The molecule has 0 radical (unpaired) electrons. The number of aromatic nitrogens is 6. The van der Waals surface area contributed by atoms with Gasteiger partial charge in [0.2, 0.25) is 5.95 Å². The summed E-state index contributed by atoms with van der Waals surface area (Å²) in [5.41, 5.74) is 7.65. The van der Waals surface area contributed by atoms with Crippen LogP contribution in [-0.2, 0) is 5.75 Å². The van der Waals surface area contributed by atoms with Crippen molar-refractivity contribution in [3.05, 3.63) is 42.2 Å². The minimum Gasteiger partial charge on any atom is -0.368 e. The van der Waals surface area contributed by atoms with Crippen LogP contribution in [0.3, 0.4) is 0 Å². The van der Waals surface area contributed by atoms with E-state index in [9.17, 15) is 0 Å². The average Bonchev–Trinajstić information content (AvgIpc) is 3.12.